The second kappa shape index (κ2) is 5.32. The van der Waals surface area contributed by atoms with Crippen molar-refractivity contribution in [3.63, 3.8) is 0 Å². The van der Waals surface area contributed by atoms with E-state index in [4.69, 9.17) is 0 Å². The third-order valence-electron chi connectivity index (χ3n) is 2.04. The van der Waals surface area contributed by atoms with Crippen molar-refractivity contribution in [3.8, 4) is 0 Å². The van der Waals surface area contributed by atoms with Gasteiger partial charge in [-0.05, 0) is 25.0 Å². The van der Waals surface area contributed by atoms with Gasteiger partial charge in [-0.25, -0.2) is 0 Å². The fraction of sp³-hybridized carbons (Fsp3) is 0.333. The topological polar surface area (TPSA) is 30.0 Å². The summed E-state index contributed by atoms with van der Waals surface area (Å²) in [5.41, 5.74) is 2.62. The number of carbonyl (C=O) groups is 1. The molecule has 0 atom stereocenters. The maximum absolute atomic E-state index is 10.5. The smallest absolute Gasteiger partial charge is 0.151 e. The normalized spacial score (nSPS) is 10.7. The molecular formula is C12H15NO. The van der Waals surface area contributed by atoms with E-state index in [9.17, 15) is 4.79 Å². The van der Waals surface area contributed by atoms with Gasteiger partial charge >= 0.3 is 0 Å². The van der Waals surface area contributed by atoms with E-state index in [1.807, 2.05) is 19.1 Å². The summed E-state index contributed by atoms with van der Waals surface area (Å²) in [6.45, 7) is 4.08. The molecule has 2 heteroatoms. The third kappa shape index (κ3) is 2.80. The highest BCUT2D eigenvalue weighted by molar-refractivity contribution is 5.75. The standard InChI is InChI=1S/C12H15NO/c1-3-4-5-6-12-7-11(9-14)8-13-10(12)2/h5-9H,3-4H2,1-2H3. The maximum atomic E-state index is 10.5. The molecule has 0 aliphatic carbocycles. The number of aldehydes is 1. The summed E-state index contributed by atoms with van der Waals surface area (Å²) in [6.07, 6.45) is 8.75. The minimum Gasteiger partial charge on any atom is -0.298 e. The molecule has 0 bridgehead atoms. The second-order valence-corrected chi connectivity index (χ2v) is 3.25. The average Bonchev–Trinajstić information content (AvgIpc) is 2.21. The summed E-state index contributed by atoms with van der Waals surface area (Å²) in [4.78, 5) is 14.7. The van der Waals surface area contributed by atoms with Crippen LogP contribution in [0, 0.1) is 6.92 Å². The minimum absolute atomic E-state index is 0.631. The lowest BCUT2D eigenvalue weighted by Crippen LogP contribution is -1.89. The number of carbonyl (C=O) groups excluding carboxylic acids is 1. The van der Waals surface area contributed by atoms with Gasteiger partial charge in [-0.3, -0.25) is 9.78 Å². The molecule has 0 radical (unpaired) electrons. The van der Waals surface area contributed by atoms with Crippen molar-refractivity contribution in [1.82, 2.24) is 4.98 Å². The Kier molecular flexibility index (Phi) is 4.05. The number of unbranched alkanes of at least 4 members (excludes halogenated alkanes) is 1. The van der Waals surface area contributed by atoms with Crippen molar-refractivity contribution in [3.05, 3.63) is 35.2 Å². The Morgan fingerprint density at radius 3 is 2.93 bits per heavy atom. The third-order valence-corrected chi connectivity index (χ3v) is 2.04. The van der Waals surface area contributed by atoms with E-state index in [2.05, 4.69) is 18.0 Å². The first kappa shape index (κ1) is 10.6. The zero-order valence-electron chi connectivity index (χ0n) is 8.66. The molecule has 0 aliphatic heterocycles. The van der Waals surface area contributed by atoms with Gasteiger partial charge in [-0.1, -0.05) is 25.5 Å². The summed E-state index contributed by atoms with van der Waals surface area (Å²) >= 11 is 0. The van der Waals surface area contributed by atoms with Gasteiger partial charge in [0.05, 0.1) is 0 Å². The molecule has 1 aromatic rings. The van der Waals surface area contributed by atoms with Crippen LogP contribution in [0.15, 0.2) is 18.3 Å². The number of rotatable bonds is 4. The number of allylic oxidation sites excluding steroid dienone is 1. The van der Waals surface area contributed by atoms with Crippen LogP contribution in [-0.2, 0) is 0 Å². The van der Waals surface area contributed by atoms with Crippen molar-refractivity contribution < 1.29 is 4.79 Å². The van der Waals surface area contributed by atoms with E-state index in [1.54, 1.807) is 6.20 Å². The van der Waals surface area contributed by atoms with Gasteiger partial charge in [-0.2, -0.15) is 0 Å². The molecule has 0 N–H and O–H groups in total. The summed E-state index contributed by atoms with van der Waals surface area (Å²) in [5.74, 6) is 0. The maximum Gasteiger partial charge on any atom is 0.151 e. The van der Waals surface area contributed by atoms with E-state index >= 15 is 0 Å². The van der Waals surface area contributed by atoms with Crippen LogP contribution >= 0.6 is 0 Å². The summed E-state index contributed by atoms with van der Waals surface area (Å²) < 4.78 is 0. The van der Waals surface area contributed by atoms with Gasteiger partial charge in [0.2, 0.25) is 0 Å². The second-order valence-electron chi connectivity index (χ2n) is 3.25. The number of hydrogen-bond acceptors (Lipinski definition) is 2. The van der Waals surface area contributed by atoms with Crippen LogP contribution in [0.5, 0.6) is 0 Å². The molecule has 0 saturated carbocycles. The van der Waals surface area contributed by atoms with Crippen molar-refractivity contribution in [2.75, 3.05) is 0 Å². The summed E-state index contributed by atoms with van der Waals surface area (Å²) in [7, 11) is 0. The number of aryl methyl sites for hydroxylation is 1. The van der Waals surface area contributed by atoms with E-state index in [-0.39, 0.29) is 0 Å². The zero-order chi connectivity index (χ0) is 10.4. The van der Waals surface area contributed by atoms with Crippen LogP contribution in [-0.4, -0.2) is 11.3 Å². The van der Waals surface area contributed by atoms with E-state index in [1.165, 1.54) is 0 Å². The molecule has 1 rings (SSSR count). The molecule has 0 fully saturated rings. The Morgan fingerprint density at radius 1 is 1.50 bits per heavy atom. The van der Waals surface area contributed by atoms with Gasteiger partial charge in [0.25, 0.3) is 0 Å². The van der Waals surface area contributed by atoms with E-state index < -0.39 is 0 Å². The Bertz CT molecular complexity index is 342. The number of nitrogens with zero attached hydrogens (tertiary/aromatic N) is 1. The quantitative estimate of drug-likeness (QED) is 0.681. The molecule has 2 nitrogen and oxygen atoms in total. The van der Waals surface area contributed by atoms with Gasteiger partial charge in [0, 0.05) is 17.5 Å². The predicted molar refractivity (Wildman–Crippen MR) is 58.3 cm³/mol. The molecular weight excluding hydrogens is 174 g/mol. The van der Waals surface area contributed by atoms with Gasteiger partial charge in [0.15, 0.2) is 6.29 Å². The van der Waals surface area contributed by atoms with Crippen LogP contribution in [0.3, 0.4) is 0 Å². The van der Waals surface area contributed by atoms with E-state index in [0.717, 1.165) is 30.4 Å². The fourth-order valence-corrected chi connectivity index (χ4v) is 1.18. The molecule has 74 valence electrons. The summed E-state index contributed by atoms with van der Waals surface area (Å²) in [5, 5.41) is 0. The highest BCUT2D eigenvalue weighted by Crippen LogP contribution is 2.09. The Morgan fingerprint density at radius 2 is 2.29 bits per heavy atom. The lowest BCUT2D eigenvalue weighted by Gasteiger charge is -1.99. The van der Waals surface area contributed by atoms with Gasteiger partial charge < -0.3 is 0 Å². The first-order valence-corrected chi connectivity index (χ1v) is 4.86. The van der Waals surface area contributed by atoms with Crippen LogP contribution in [0.2, 0.25) is 0 Å². The van der Waals surface area contributed by atoms with Crippen LogP contribution in [0.4, 0.5) is 0 Å². The van der Waals surface area contributed by atoms with Crippen molar-refractivity contribution in [2.24, 2.45) is 0 Å². The molecule has 0 unspecified atom stereocenters. The Hall–Kier alpha value is -1.44. The van der Waals surface area contributed by atoms with Crippen molar-refractivity contribution in [1.29, 1.82) is 0 Å². The van der Waals surface area contributed by atoms with Crippen molar-refractivity contribution in [2.45, 2.75) is 26.7 Å². The molecule has 0 saturated heterocycles. The van der Waals surface area contributed by atoms with Crippen LogP contribution in [0.25, 0.3) is 6.08 Å². The molecule has 0 amide bonds. The van der Waals surface area contributed by atoms with Crippen LogP contribution < -0.4 is 0 Å². The first-order valence-electron chi connectivity index (χ1n) is 4.86. The highest BCUT2D eigenvalue weighted by Gasteiger charge is 1.97. The molecule has 1 heterocycles. The molecule has 0 spiro atoms. The first-order chi connectivity index (χ1) is 6.77. The zero-order valence-corrected chi connectivity index (χ0v) is 8.66. The van der Waals surface area contributed by atoms with Crippen LogP contribution in [0.1, 0.15) is 41.4 Å². The summed E-state index contributed by atoms with van der Waals surface area (Å²) in [6, 6.07) is 1.86. The predicted octanol–water partition coefficient (Wildman–Crippen LogP) is 3.02. The number of hydrogen-bond donors (Lipinski definition) is 0. The highest BCUT2D eigenvalue weighted by atomic mass is 16.1. The Balaban J connectivity index is 2.89. The fourth-order valence-electron chi connectivity index (χ4n) is 1.18. The minimum atomic E-state index is 0.631. The number of aromatic nitrogens is 1. The number of pyridine rings is 1. The average molecular weight is 189 g/mol. The monoisotopic (exact) mass is 189 g/mol. The molecule has 0 aromatic carbocycles. The van der Waals surface area contributed by atoms with E-state index in [0.29, 0.717) is 5.56 Å². The lowest BCUT2D eigenvalue weighted by molar-refractivity contribution is 0.112. The molecule has 1 aromatic heterocycles. The molecule has 0 aliphatic rings. The van der Waals surface area contributed by atoms with Gasteiger partial charge in [0.1, 0.15) is 0 Å². The molecule has 14 heavy (non-hydrogen) atoms. The van der Waals surface area contributed by atoms with Gasteiger partial charge in [-0.15, -0.1) is 0 Å². The largest absolute Gasteiger partial charge is 0.298 e. The lowest BCUT2D eigenvalue weighted by atomic mass is 10.1. The SMILES string of the molecule is CCCC=Cc1cc(C=O)cnc1C. The Labute approximate surface area is 84.7 Å². The van der Waals surface area contributed by atoms with Crippen molar-refractivity contribution >= 4 is 12.4 Å².